The summed E-state index contributed by atoms with van der Waals surface area (Å²) in [5.74, 6) is 0.558. The number of hydrogen-bond donors (Lipinski definition) is 1. The highest BCUT2D eigenvalue weighted by Crippen LogP contribution is 2.27. The number of nitrogens with one attached hydrogen (secondary N) is 1. The molecule has 4 heteroatoms. The second-order valence-corrected chi connectivity index (χ2v) is 6.04. The molecule has 0 saturated heterocycles. The van der Waals surface area contributed by atoms with Crippen molar-refractivity contribution in [2.45, 2.75) is 6.92 Å². The summed E-state index contributed by atoms with van der Waals surface area (Å²) in [4.78, 5) is 4.42. The highest BCUT2D eigenvalue weighted by Gasteiger charge is 2.08. The molecule has 1 heterocycles. The van der Waals surface area contributed by atoms with Crippen LogP contribution in [0.25, 0.3) is 11.1 Å². The molecular weight excluding hydrogens is 350 g/mol. The lowest BCUT2D eigenvalue weighted by atomic mass is 10.1. The van der Waals surface area contributed by atoms with Crippen molar-refractivity contribution in [2.24, 2.45) is 0 Å². The lowest BCUT2D eigenvalue weighted by molar-refractivity contribution is 1.28. The number of nitrogens with zero attached hydrogens (tertiary/aromatic N) is 2. The molecule has 0 aliphatic rings. The Balaban J connectivity index is 1.94. The summed E-state index contributed by atoms with van der Waals surface area (Å²) in [6, 6.07) is 19.9. The Morgan fingerprint density at radius 2 is 1.83 bits per heavy atom. The molecule has 3 nitrogen and oxygen atoms in total. The van der Waals surface area contributed by atoms with Gasteiger partial charge in [-0.1, -0.05) is 52.3 Å². The minimum atomic E-state index is 0.517. The van der Waals surface area contributed by atoms with Gasteiger partial charge in [0.2, 0.25) is 0 Å². The van der Waals surface area contributed by atoms with Crippen LogP contribution in [0.1, 0.15) is 11.1 Å². The summed E-state index contributed by atoms with van der Waals surface area (Å²) >= 11 is 3.51. The maximum atomic E-state index is 9.43. The first-order chi connectivity index (χ1) is 11.2. The van der Waals surface area contributed by atoms with Gasteiger partial charge in [0, 0.05) is 21.9 Å². The van der Waals surface area contributed by atoms with E-state index < -0.39 is 0 Å². The lowest BCUT2D eigenvalue weighted by Crippen LogP contribution is -1.98. The maximum absolute atomic E-state index is 9.43. The lowest BCUT2D eigenvalue weighted by Gasteiger charge is -2.10. The molecule has 0 aliphatic carbocycles. The Morgan fingerprint density at radius 3 is 2.52 bits per heavy atom. The molecule has 2 aromatic carbocycles. The van der Waals surface area contributed by atoms with Crippen LogP contribution in [-0.4, -0.2) is 4.98 Å². The van der Waals surface area contributed by atoms with Crippen LogP contribution in [0.15, 0.2) is 65.3 Å². The average Bonchev–Trinajstić information content (AvgIpc) is 2.59. The summed E-state index contributed by atoms with van der Waals surface area (Å²) in [5.41, 5.74) is 4.53. The van der Waals surface area contributed by atoms with Crippen LogP contribution < -0.4 is 5.32 Å². The van der Waals surface area contributed by atoms with Crippen molar-refractivity contribution < 1.29 is 0 Å². The van der Waals surface area contributed by atoms with Gasteiger partial charge in [-0.3, -0.25) is 0 Å². The van der Waals surface area contributed by atoms with Gasteiger partial charge in [-0.15, -0.1) is 0 Å². The fourth-order valence-corrected chi connectivity index (χ4v) is 2.62. The van der Waals surface area contributed by atoms with Gasteiger partial charge in [-0.2, -0.15) is 5.26 Å². The Labute approximate surface area is 143 Å². The van der Waals surface area contributed by atoms with Crippen LogP contribution in [-0.2, 0) is 0 Å². The zero-order valence-electron chi connectivity index (χ0n) is 12.5. The number of pyridine rings is 1. The minimum Gasteiger partial charge on any atom is -0.339 e. The van der Waals surface area contributed by atoms with E-state index in [1.54, 1.807) is 6.20 Å². The van der Waals surface area contributed by atoms with E-state index in [0.717, 1.165) is 26.9 Å². The third-order valence-electron chi connectivity index (χ3n) is 3.55. The molecule has 3 aromatic rings. The normalized spacial score (nSPS) is 10.1. The first-order valence-electron chi connectivity index (χ1n) is 7.16. The maximum Gasteiger partial charge on any atom is 0.148 e. The summed E-state index contributed by atoms with van der Waals surface area (Å²) in [7, 11) is 0. The molecule has 0 spiro atoms. The van der Waals surface area contributed by atoms with Crippen LogP contribution in [0.4, 0.5) is 11.5 Å². The summed E-state index contributed by atoms with van der Waals surface area (Å²) in [5, 5.41) is 12.6. The van der Waals surface area contributed by atoms with Gasteiger partial charge in [0.05, 0.1) is 5.56 Å². The molecule has 1 aromatic heterocycles. The van der Waals surface area contributed by atoms with Crippen LogP contribution in [0.2, 0.25) is 0 Å². The fourth-order valence-electron chi connectivity index (χ4n) is 2.25. The monoisotopic (exact) mass is 363 g/mol. The van der Waals surface area contributed by atoms with Crippen molar-refractivity contribution in [2.75, 3.05) is 5.32 Å². The van der Waals surface area contributed by atoms with Crippen LogP contribution in [0, 0.1) is 18.3 Å². The van der Waals surface area contributed by atoms with E-state index in [4.69, 9.17) is 0 Å². The molecule has 0 bridgehead atoms. The van der Waals surface area contributed by atoms with E-state index in [1.807, 2.05) is 61.5 Å². The number of anilines is 2. The molecule has 3 rings (SSSR count). The van der Waals surface area contributed by atoms with E-state index in [2.05, 4.69) is 32.3 Å². The highest BCUT2D eigenvalue weighted by molar-refractivity contribution is 9.10. The molecule has 112 valence electrons. The SMILES string of the molecule is Cc1ccc(Nc2ncc(-c3ccccc3)cc2C#N)cc1Br. The number of aromatic nitrogens is 1. The second kappa shape index (κ2) is 6.64. The molecule has 0 saturated carbocycles. The first-order valence-corrected chi connectivity index (χ1v) is 7.95. The summed E-state index contributed by atoms with van der Waals surface area (Å²) in [6.07, 6.45) is 1.78. The molecule has 0 atom stereocenters. The zero-order valence-corrected chi connectivity index (χ0v) is 14.1. The third kappa shape index (κ3) is 3.41. The van der Waals surface area contributed by atoms with Gasteiger partial charge in [0.25, 0.3) is 0 Å². The first kappa shape index (κ1) is 15.3. The standard InChI is InChI=1S/C19H14BrN3/c1-13-7-8-17(10-18(13)20)23-19-15(11-21)9-16(12-22-19)14-5-3-2-4-6-14/h2-10,12H,1H3,(H,22,23). The van der Waals surface area contributed by atoms with E-state index in [9.17, 15) is 5.26 Å². The predicted octanol–water partition coefficient (Wildman–Crippen LogP) is 5.43. The Bertz CT molecular complexity index is 883. The summed E-state index contributed by atoms with van der Waals surface area (Å²) < 4.78 is 1.02. The molecule has 23 heavy (non-hydrogen) atoms. The number of benzene rings is 2. The number of halogens is 1. The second-order valence-electron chi connectivity index (χ2n) is 5.19. The van der Waals surface area contributed by atoms with Gasteiger partial charge in [0.15, 0.2) is 0 Å². The number of aryl methyl sites for hydroxylation is 1. The van der Waals surface area contributed by atoms with Crippen molar-refractivity contribution in [3.63, 3.8) is 0 Å². The molecular formula is C19H14BrN3. The average molecular weight is 364 g/mol. The van der Waals surface area contributed by atoms with Crippen LogP contribution in [0.3, 0.4) is 0 Å². The van der Waals surface area contributed by atoms with Gasteiger partial charge >= 0.3 is 0 Å². The Kier molecular flexibility index (Phi) is 4.40. The molecule has 1 N–H and O–H groups in total. The molecule has 0 unspecified atom stereocenters. The van der Waals surface area contributed by atoms with Crippen molar-refractivity contribution in [1.82, 2.24) is 4.98 Å². The molecule has 0 fully saturated rings. The smallest absolute Gasteiger partial charge is 0.148 e. The number of hydrogen-bond acceptors (Lipinski definition) is 3. The molecule has 0 radical (unpaired) electrons. The third-order valence-corrected chi connectivity index (χ3v) is 4.40. The predicted molar refractivity (Wildman–Crippen MR) is 96.5 cm³/mol. The van der Waals surface area contributed by atoms with Crippen molar-refractivity contribution >= 4 is 27.4 Å². The van der Waals surface area contributed by atoms with Crippen LogP contribution in [0.5, 0.6) is 0 Å². The number of nitriles is 1. The minimum absolute atomic E-state index is 0.517. The van der Waals surface area contributed by atoms with Gasteiger partial charge in [0.1, 0.15) is 11.9 Å². The topological polar surface area (TPSA) is 48.7 Å². The Hall–Kier alpha value is -2.64. The van der Waals surface area contributed by atoms with Gasteiger partial charge in [-0.25, -0.2) is 4.98 Å². The largest absolute Gasteiger partial charge is 0.339 e. The van der Waals surface area contributed by atoms with Gasteiger partial charge < -0.3 is 5.32 Å². The van der Waals surface area contributed by atoms with Crippen molar-refractivity contribution in [3.05, 3.63) is 76.4 Å². The number of rotatable bonds is 3. The fraction of sp³-hybridized carbons (Fsp3) is 0.0526. The van der Waals surface area contributed by atoms with E-state index >= 15 is 0 Å². The van der Waals surface area contributed by atoms with E-state index in [1.165, 1.54) is 0 Å². The van der Waals surface area contributed by atoms with Crippen LogP contribution >= 0.6 is 15.9 Å². The highest BCUT2D eigenvalue weighted by atomic mass is 79.9. The molecule has 0 amide bonds. The van der Waals surface area contributed by atoms with Crippen molar-refractivity contribution in [1.29, 1.82) is 5.26 Å². The van der Waals surface area contributed by atoms with Crippen molar-refractivity contribution in [3.8, 4) is 17.2 Å². The summed E-state index contributed by atoms with van der Waals surface area (Å²) in [6.45, 7) is 2.03. The Morgan fingerprint density at radius 1 is 1.04 bits per heavy atom. The van der Waals surface area contributed by atoms with E-state index in [-0.39, 0.29) is 0 Å². The van der Waals surface area contributed by atoms with Gasteiger partial charge in [-0.05, 0) is 36.2 Å². The quantitative estimate of drug-likeness (QED) is 0.674. The zero-order chi connectivity index (χ0) is 16.2. The molecule has 0 aliphatic heterocycles. The van der Waals surface area contributed by atoms with E-state index in [0.29, 0.717) is 11.4 Å².